The molecule has 0 N–H and O–H groups in total. The molecule has 4 aromatic rings. The molecule has 0 radical (unpaired) electrons. The zero-order chi connectivity index (χ0) is 29.0. The van der Waals surface area contributed by atoms with Crippen molar-refractivity contribution in [3.8, 4) is 34.1 Å². The van der Waals surface area contributed by atoms with Crippen LogP contribution in [0, 0.1) is 0 Å². The average molecular weight is 581 g/mol. The van der Waals surface area contributed by atoms with Crippen LogP contribution in [-0.4, -0.2) is 44.6 Å². The topological polar surface area (TPSA) is 88.3 Å². The smallest absolute Gasteiger partial charge is 0.343 e. The summed E-state index contributed by atoms with van der Waals surface area (Å²) in [7, 11) is 0. The quantitative estimate of drug-likeness (QED) is 0.0496. The number of rotatable bonds is 14. The van der Waals surface area contributed by atoms with E-state index in [1.54, 1.807) is 24.3 Å². The van der Waals surface area contributed by atoms with Crippen LogP contribution in [-0.2, 0) is 27.4 Å². The third kappa shape index (κ3) is 7.17. The van der Waals surface area contributed by atoms with Crippen molar-refractivity contribution in [3.05, 3.63) is 107 Å². The van der Waals surface area contributed by atoms with Gasteiger partial charge in [-0.25, -0.2) is 4.79 Å². The first-order valence-electron chi connectivity index (χ1n) is 14.6. The second-order valence-electron chi connectivity index (χ2n) is 10.9. The fourth-order valence-corrected chi connectivity index (χ4v) is 5.07. The maximum Gasteiger partial charge on any atom is 0.343 e. The molecule has 43 heavy (non-hydrogen) atoms. The average Bonchev–Trinajstić information content (AvgIpc) is 3.97. The lowest BCUT2D eigenvalue weighted by molar-refractivity contribution is -0.217. The van der Waals surface area contributed by atoms with Crippen LogP contribution in [0.2, 0.25) is 0 Å². The molecule has 0 amide bonds. The Hall–Kier alpha value is -4.37. The highest BCUT2D eigenvalue weighted by molar-refractivity contribution is 5.91. The maximum atomic E-state index is 12.8. The highest BCUT2D eigenvalue weighted by atomic mass is 17.2. The Morgan fingerprint density at radius 2 is 1.21 bits per heavy atom. The molecule has 0 saturated carbocycles. The van der Waals surface area contributed by atoms with Gasteiger partial charge in [0.2, 0.25) is 0 Å². The summed E-state index contributed by atoms with van der Waals surface area (Å²) in [5.41, 5.74) is 5.92. The summed E-state index contributed by atoms with van der Waals surface area (Å²) in [6, 6.07) is 26.5. The van der Waals surface area contributed by atoms with Gasteiger partial charge in [-0.15, -0.1) is 0 Å². The summed E-state index contributed by atoms with van der Waals surface area (Å²) >= 11 is 0. The Morgan fingerprint density at radius 3 is 1.81 bits per heavy atom. The number of esters is 1. The van der Waals surface area contributed by atoms with Crippen molar-refractivity contribution < 1.29 is 38.3 Å². The van der Waals surface area contributed by atoms with E-state index in [1.165, 1.54) is 0 Å². The first-order chi connectivity index (χ1) is 21.2. The van der Waals surface area contributed by atoms with E-state index < -0.39 is 5.97 Å². The summed E-state index contributed by atoms with van der Waals surface area (Å²) in [5.74, 6) is 2.28. The van der Waals surface area contributed by atoms with Crippen LogP contribution in [0.15, 0.2) is 84.9 Å². The molecule has 8 heteroatoms. The van der Waals surface area contributed by atoms with Crippen molar-refractivity contribution in [2.24, 2.45) is 0 Å². The zero-order valence-corrected chi connectivity index (χ0v) is 23.7. The lowest BCUT2D eigenvalue weighted by Gasteiger charge is -2.09. The first-order valence-corrected chi connectivity index (χ1v) is 14.6. The predicted molar refractivity (Wildman–Crippen MR) is 158 cm³/mol. The molecule has 7 rings (SSSR count). The minimum absolute atomic E-state index is 0.313. The van der Waals surface area contributed by atoms with Crippen LogP contribution in [0.25, 0.3) is 11.1 Å². The summed E-state index contributed by atoms with van der Waals surface area (Å²) in [5, 5.41) is 0. The van der Waals surface area contributed by atoms with Crippen molar-refractivity contribution in [3.63, 3.8) is 0 Å². The normalized spacial score (nSPS) is 17.5. The van der Waals surface area contributed by atoms with E-state index in [-0.39, 0.29) is 0 Å². The molecule has 2 unspecified atom stereocenters. The van der Waals surface area contributed by atoms with Gasteiger partial charge in [-0.2, -0.15) is 4.89 Å². The molecule has 220 valence electrons. The summed E-state index contributed by atoms with van der Waals surface area (Å²) in [4.78, 5) is 23.9. The largest absolute Gasteiger partial charge is 0.493 e. The molecule has 2 fully saturated rings. The van der Waals surface area contributed by atoms with Crippen molar-refractivity contribution in [1.29, 1.82) is 0 Å². The Bertz CT molecular complexity index is 1570. The number of hydrogen-bond donors (Lipinski definition) is 0. The lowest BCUT2D eigenvalue weighted by atomic mass is 10.1. The monoisotopic (exact) mass is 580 g/mol. The molecule has 0 aromatic heterocycles. The van der Waals surface area contributed by atoms with Gasteiger partial charge in [-0.3, -0.25) is 0 Å². The number of hydrogen-bond acceptors (Lipinski definition) is 8. The number of carbonyl (C=O) groups excluding carboxylic acids is 1. The third-order valence-corrected chi connectivity index (χ3v) is 7.65. The standard InChI is InChI=1S/C35H32O8/c36-35(24-3-7-28(8-4-24)38-16-14-32-22-40-32)42-29-9-11-33-25(18-29)17-26-19-30(10-12-34(26)33)43-41-20-23-1-5-27(6-2-23)37-15-13-31-21-39-31/h1-12,18-19,31-32H,13-17,20-22H2. The van der Waals surface area contributed by atoms with Crippen LogP contribution in [0.5, 0.6) is 23.0 Å². The van der Waals surface area contributed by atoms with Crippen molar-refractivity contribution in [1.82, 2.24) is 0 Å². The molecule has 8 nitrogen and oxygen atoms in total. The second-order valence-corrected chi connectivity index (χ2v) is 10.9. The van der Waals surface area contributed by atoms with Gasteiger partial charge in [0.15, 0.2) is 5.75 Å². The van der Waals surface area contributed by atoms with Crippen molar-refractivity contribution in [2.75, 3.05) is 26.4 Å². The first kappa shape index (κ1) is 27.5. The van der Waals surface area contributed by atoms with E-state index in [9.17, 15) is 4.79 Å². The van der Waals surface area contributed by atoms with Crippen LogP contribution in [0.3, 0.4) is 0 Å². The van der Waals surface area contributed by atoms with E-state index in [0.717, 1.165) is 65.4 Å². The van der Waals surface area contributed by atoms with Gasteiger partial charge in [0.25, 0.3) is 0 Å². The van der Waals surface area contributed by atoms with Crippen LogP contribution in [0.1, 0.15) is 39.9 Å². The number of ether oxygens (including phenoxy) is 5. The number of carbonyl (C=O) groups is 1. The van der Waals surface area contributed by atoms with Crippen LogP contribution < -0.4 is 19.1 Å². The van der Waals surface area contributed by atoms with Gasteiger partial charge in [0.05, 0.1) is 44.2 Å². The Kier molecular flexibility index (Phi) is 7.96. The van der Waals surface area contributed by atoms with Gasteiger partial charge in [0, 0.05) is 12.8 Å². The Balaban J connectivity index is 0.894. The Morgan fingerprint density at radius 1 is 0.674 bits per heavy atom. The number of benzene rings is 4. The van der Waals surface area contributed by atoms with Gasteiger partial charge < -0.3 is 28.6 Å². The lowest BCUT2D eigenvalue weighted by Crippen LogP contribution is -2.08. The molecule has 1 aliphatic carbocycles. The molecule has 3 aliphatic rings. The van der Waals surface area contributed by atoms with E-state index >= 15 is 0 Å². The second kappa shape index (κ2) is 12.5. The van der Waals surface area contributed by atoms with E-state index in [4.69, 9.17) is 33.5 Å². The highest BCUT2D eigenvalue weighted by Crippen LogP contribution is 2.40. The molecule has 0 spiro atoms. The molecule has 2 aliphatic heterocycles. The highest BCUT2D eigenvalue weighted by Gasteiger charge is 2.23. The predicted octanol–water partition coefficient (Wildman–Crippen LogP) is 6.32. The molecular formula is C35H32O8. The molecule has 2 heterocycles. The van der Waals surface area contributed by atoms with Crippen molar-refractivity contribution >= 4 is 5.97 Å². The van der Waals surface area contributed by atoms with E-state index in [0.29, 0.717) is 55.5 Å². The van der Waals surface area contributed by atoms with E-state index in [1.807, 2.05) is 60.7 Å². The fraction of sp³-hybridized carbons (Fsp3) is 0.286. The molecule has 2 atom stereocenters. The van der Waals surface area contributed by atoms with Gasteiger partial charge in [0.1, 0.15) is 23.9 Å². The Labute approximate surface area is 249 Å². The molecule has 4 aromatic carbocycles. The SMILES string of the molecule is O=C(Oc1ccc2c(c1)Cc1cc(OOCc3ccc(OCCC4CO4)cc3)ccc1-2)c1ccc(OCCC2CO2)cc1. The van der Waals surface area contributed by atoms with Crippen LogP contribution >= 0.6 is 0 Å². The third-order valence-electron chi connectivity index (χ3n) is 7.65. The summed E-state index contributed by atoms with van der Waals surface area (Å²) in [6.07, 6.45) is 3.20. The summed E-state index contributed by atoms with van der Waals surface area (Å²) in [6.45, 7) is 3.22. The van der Waals surface area contributed by atoms with E-state index in [2.05, 4.69) is 0 Å². The minimum atomic E-state index is -0.410. The minimum Gasteiger partial charge on any atom is -0.493 e. The number of epoxide rings is 2. The molecular weight excluding hydrogens is 548 g/mol. The zero-order valence-electron chi connectivity index (χ0n) is 23.7. The van der Waals surface area contributed by atoms with Crippen LogP contribution in [0.4, 0.5) is 0 Å². The van der Waals surface area contributed by atoms with Gasteiger partial charge >= 0.3 is 5.97 Å². The molecule has 0 bridgehead atoms. The van der Waals surface area contributed by atoms with Gasteiger partial charge in [-0.1, -0.05) is 24.3 Å². The number of fused-ring (bicyclic) bond motifs is 3. The maximum absolute atomic E-state index is 12.8. The molecule has 2 saturated heterocycles. The van der Waals surface area contributed by atoms with Gasteiger partial charge in [-0.05, 0) is 94.9 Å². The summed E-state index contributed by atoms with van der Waals surface area (Å²) < 4.78 is 27.5. The fourth-order valence-electron chi connectivity index (χ4n) is 5.07. The van der Waals surface area contributed by atoms with Crippen molar-refractivity contribution in [2.45, 2.75) is 38.1 Å².